The highest BCUT2D eigenvalue weighted by Crippen LogP contribution is 2.40. The molecule has 4 aromatic heterocycles. The molecular formula is C63H78Cl2N12O4. The van der Waals surface area contributed by atoms with Crippen LogP contribution in [0.3, 0.4) is 0 Å². The van der Waals surface area contributed by atoms with Crippen LogP contribution in [0.4, 0.5) is 4.79 Å². The highest BCUT2D eigenvalue weighted by molar-refractivity contribution is 6.31. The van der Waals surface area contributed by atoms with Crippen molar-refractivity contribution in [2.75, 3.05) is 52.4 Å². The van der Waals surface area contributed by atoms with Gasteiger partial charge in [0.25, 0.3) is 0 Å². The second kappa shape index (κ2) is 25.5. The first-order valence-corrected chi connectivity index (χ1v) is 30.3. The summed E-state index contributed by atoms with van der Waals surface area (Å²) in [6, 6.07) is 20.2. The molecular weight excluding hydrogens is 1060 g/mol. The zero-order chi connectivity index (χ0) is 56.0. The first kappa shape index (κ1) is 56.7. The predicted molar refractivity (Wildman–Crippen MR) is 314 cm³/mol. The third kappa shape index (κ3) is 13.2. The van der Waals surface area contributed by atoms with Crippen LogP contribution in [-0.4, -0.2) is 154 Å². The van der Waals surface area contributed by atoms with E-state index in [0.717, 1.165) is 125 Å². The normalized spacial score (nSPS) is 23.3. The predicted octanol–water partition coefficient (Wildman–Crippen LogP) is 9.38. The van der Waals surface area contributed by atoms with E-state index < -0.39 is 17.7 Å². The molecule has 4 aliphatic heterocycles. The summed E-state index contributed by atoms with van der Waals surface area (Å²) in [5.74, 6) is 0.244. The number of ether oxygens (including phenoxy) is 1. The Morgan fingerprint density at radius 2 is 1.14 bits per heavy atom. The van der Waals surface area contributed by atoms with Crippen molar-refractivity contribution in [1.82, 2.24) is 58.9 Å². The molecule has 16 nitrogen and oxygen atoms in total. The topological polar surface area (TPSA) is 150 Å². The fourth-order valence-corrected chi connectivity index (χ4v) is 13.9. The lowest BCUT2D eigenvalue weighted by Gasteiger charge is -2.46. The Balaban J connectivity index is 0.000000173. The van der Waals surface area contributed by atoms with Crippen molar-refractivity contribution >= 4 is 41.1 Å². The number of halogens is 2. The van der Waals surface area contributed by atoms with Crippen molar-refractivity contribution in [2.45, 2.75) is 153 Å². The van der Waals surface area contributed by atoms with Gasteiger partial charge in [-0.3, -0.25) is 34.3 Å². The number of benzene rings is 2. The van der Waals surface area contributed by atoms with Crippen LogP contribution in [0.2, 0.25) is 10.0 Å². The molecule has 6 aliphatic rings. The molecule has 0 spiro atoms. The Bertz CT molecular complexity index is 3110. The van der Waals surface area contributed by atoms with Gasteiger partial charge in [-0.15, -0.1) is 0 Å². The SMILES string of the molecule is CC(C)(C)OC(=O)N1CCN(C2c3ccc(Cl)cc3CCc3cccnc32)CC1C(=O)N1CCCCC1CCn1ccnc1.O=C(C1CN(C2c3ccc(Cl)cc3CCc3cccnc32)CCN1)N1CCCCC1CCn1ccnc1. The quantitative estimate of drug-likeness (QED) is 0.140. The van der Waals surface area contributed by atoms with E-state index in [2.05, 4.69) is 75.5 Å². The van der Waals surface area contributed by atoms with Gasteiger partial charge < -0.3 is 29.0 Å². The monoisotopic (exact) mass is 1140 g/mol. The van der Waals surface area contributed by atoms with E-state index in [1.807, 2.05) is 93.6 Å². The maximum atomic E-state index is 14.6. The summed E-state index contributed by atoms with van der Waals surface area (Å²) >= 11 is 12.9. The third-order valence-corrected chi connectivity index (χ3v) is 17.9. The average molecular weight is 1140 g/mol. The van der Waals surface area contributed by atoms with E-state index in [1.54, 1.807) is 11.1 Å². The number of nitrogens with zero attached hydrogens (tertiary/aromatic N) is 11. The molecule has 8 heterocycles. The lowest BCUT2D eigenvalue weighted by atomic mass is 9.94. The van der Waals surface area contributed by atoms with Crippen molar-refractivity contribution in [3.8, 4) is 0 Å². The molecule has 4 saturated heterocycles. The number of likely N-dealkylation sites (tertiary alicyclic amines) is 2. The van der Waals surface area contributed by atoms with Gasteiger partial charge in [0.05, 0.1) is 42.2 Å². The molecule has 4 fully saturated rings. The number of hydrogen-bond donors (Lipinski definition) is 1. The van der Waals surface area contributed by atoms with Gasteiger partial charge in [-0.1, -0.05) is 47.5 Å². The summed E-state index contributed by atoms with van der Waals surface area (Å²) in [7, 11) is 0. The average Bonchev–Trinajstić information content (AvgIpc) is 4.26. The molecule has 6 aromatic rings. The van der Waals surface area contributed by atoms with E-state index in [-0.39, 0.29) is 42.0 Å². The fourth-order valence-electron chi connectivity index (χ4n) is 13.5. The summed E-state index contributed by atoms with van der Waals surface area (Å²) in [4.78, 5) is 71.0. The number of piperazine rings is 2. The largest absolute Gasteiger partial charge is 0.444 e. The molecule has 18 heteroatoms. The molecule has 1 N–H and O–H groups in total. The number of nitrogens with one attached hydrogen (secondary N) is 1. The Morgan fingerprint density at radius 1 is 0.605 bits per heavy atom. The van der Waals surface area contributed by atoms with E-state index in [1.165, 1.54) is 39.8 Å². The van der Waals surface area contributed by atoms with Gasteiger partial charge >= 0.3 is 6.09 Å². The van der Waals surface area contributed by atoms with Crippen LogP contribution in [0.1, 0.15) is 129 Å². The van der Waals surface area contributed by atoms with Gasteiger partial charge in [0, 0.05) is 125 Å². The van der Waals surface area contributed by atoms with Gasteiger partial charge in [0.2, 0.25) is 11.8 Å². The van der Waals surface area contributed by atoms with Crippen molar-refractivity contribution < 1.29 is 19.1 Å². The maximum Gasteiger partial charge on any atom is 0.411 e. The number of aromatic nitrogens is 6. The summed E-state index contributed by atoms with van der Waals surface area (Å²) < 4.78 is 10.0. The molecule has 12 rings (SSSR count). The van der Waals surface area contributed by atoms with Crippen LogP contribution in [0.25, 0.3) is 0 Å². The number of carbonyl (C=O) groups excluding carboxylic acids is 3. The minimum absolute atomic E-state index is 0.00193. The van der Waals surface area contributed by atoms with Crippen LogP contribution in [0, 0.1) is 0 Å². The number of aryl methyl sites for hydroxylation is 6. The van der Waals surface area contributed by atoms with Gasteiger partial charge in [0.15, 0.2) is 0 Å². The van der Waals surface area contributed by atoms with E-state index in [9.17, 15) is 14.4 Å². The van der Waals surface area contributed by atoms with Crippen molar-refractivity contribution in [3.05, 3.63) is 165 Å². The summed E-state index contributed by atoms with van der Waals surface area (Å²) in [5, 5.41) is 5.05. The van der Waals surface area contributed by atoms with Gasteiger partial charge in [-0.25, -0.2) is 14.8 Å². The molecule has 6 atom stereocenters. The molecule has 81 heavy (non-hydrogen) atoms. The molecule has 0 saturated carbocycles. The van der Waals surface area contributed by atoms with Gasteiger partial charge in [-0.05, 0) is 168 Å². The first-order chi connectivity index (χ1) is 39.3. The van der Waals surface area contributed by atoms with Crippen LogP contribution >= 0.6 is 23.2 Å². The maximum absolute atomic E-state index is 14.6. The van der Waals surface area contributed by atoms with E-state index in [4.69, 9.17) is 37.9 Å². The van der Waals surface area contributed by atoms with Crippen LogP contribution < -0.4 is 5.32 Å². The molecule has 2 aromatic carbocycles. The number of fused-ring (bicyclic) bond motifs is 4. The van der Waals surface area contributed by atoms with E-state index >= 15 is 0 Å². The molecule has 2 aliphatic carbocycles. The second-order valence-corrected chi connectivity index (χ2v) is 24.7. The first-order valence-electron chi connectivity index (χ1n) is 29.5. The van der Waals surface area contributed by atoms with Crippen molar-refractivity contribution in [3.63, 3.8) is 0 Å². The van der Waals surface area contributed by atoms with Crippen LogP contribution in [0.15, 0.2) is 110 Å². The Hall–Kier alpha value is -6.17. The van der Waals surface area contributed by atoms with Crippen LogP contribution in [0.5, 0.6) is 0 Å². The van der Waals surface area contributed by atoms with E-state index in [0.29, 0.717) is 32.7 Å². The molecule has 0 radical (unpaired) electrons. The highest BCUT2D eigenvalue weighted by atomic mass is 35.5. The lowest BCUT2D eigenvalue weighted by molar-refractivity contribution is -0.143. The zero-order valence-electron chi connectivity index (χ0n) is 47.2. The smallest absolute Gasteiger partial charge is 0.411 e. The minimum Gasteiger partial charge on any atom is -0.444 e. The van der Waals surface area contributed by atoms with Gasteiger partial charge in [0.1, 0.15) is 11.6 Å². The number of carbonyl (C=O) groups is 3. The Morgan fingerprint density at radius 3 is 1.67 bits per heavy atom. The standard InChI is InChI=1S/C34H43ClN6O3.C29H35ClN6O/c1-34(2,3)44-33(43)41-20-19-39(31-28-12-11-26(35)21-25(28)10-9-24-7-6-14-37-30(24)31)22-29(41)32(42)40-16-5-4-8-27(40)13-17-38-18-15-36-23-38;30-23-8-9-25-22(18-23)7-6-21-4-3-11-33-27(21)28(25)35-17-13-32-26(19-35)29(37)36-14-2-1-5-24(36)10-15-34-16-12-31-20-34/h6-7,11-12,14-15,18,21,23,27,29,31H,4-5,8-10,13,16-17,19-20,22H2,1-3H3;3-4,8-9,11-12,16,18,20,24,26,28,32H,1-2,5-7,10,13-15,17,19H2. The fraction of sp³-hybridized carbons (Fsp3) is 0.508. The number of rotatable bonds is 10. The van der Waals surface area contributed by atoms with Crippen molar-refractivity contribution in [1.29, 1.82) is 0 Å². The molecule has 428 valence electrons. The number of amides is 3. The highest BCUT2D eigenvalue weighted by Gasteiger charge is 2.45. The summed E-state index contributed by atoms with van der Waals surface area (Å²) in [6.07, 6.45) is 26.4. The summed E-state index contributed by atoms with van der Waals surface area (Å²) in [6.45, 7) is 12.5. The molecule has 3 amide bonds. The third-order valence-electron chi connectivity index (χ3n) is 17.4. The second-order valence-electron chi connectivity index (χ2n) is 23.8. The summed E-state index contributed by atoms with van der Waals surface area (Å²) in [5.41, 5.74) is 8.89. The Labute approximate surface area is 487 Å². The Kier molecular flexibility index (Phi) is 17.9. The molecule has 0 bridgehead atoms. The lowest BCUT2D eigenvalue weighted by Crippen LogP contribution is -2.63. The zero-order valence-corrected chi connectivity index (χ0v) is 48.7. The van der Waals surface area contributed by atoms with Crippen LogP contribution in [-0.2, 0) is 53.1 Å². The molecule has 6 unspecified atom stereocenters. The minimum atomic E-state index is -0.668. The van der Waals surface area contributed by atoms with Crippen molar-refractivity contribution in [2.24, 2.45) is 0 Å². The number of piperidine rings is 2. The number of hydrogen-bond acceptors (Lipinski definition) is 11. The van der Waals surface area contributed by atoms with Gasteiger partial charge in [-0.2, -0.15) is 0 Å². The number of imidazole rings is 2. The number of pyridine rings is 2.